The summed E-state index contributed by atoms with van der Waals surface area (Å²) in [5.74, 6) is 0. The summed E-state index contributed by atoms with van der Waals surface area (Å²) in [7, 11) is -6.09. The molecule has 0 atom stereocenters. The Balaban J connectivity index is 0. The normalized spacial score (nSPS) is 12.4. The number of alkyl halides is 3. The van der Waals surface area contributed by atoms with Gasteiger partial charge < -0.3 is 4.55 Å². The van der Waals surface area contributed by atoms with Crippen molar-refractivity contribution < 1.29 is 63.4 Å². The minimum absolute atomic E-state index is 0. The van der Waals surface area contributed by atoms with Crippen LogP contribution in [0, 0.1) is 37.3 Å². The van der Waals surface area contributed by atoms with Crippen LogP contribution in [0.3, 0.4) is 0 Å². The van der Waals surface area contributed by atoms with Crippen molar-refractivity contribution in [1.29, 1.82) is 0 Å². The second-order valence-electron chi connectivity index (χ2n) is 0.900. The van der Waals surface area contributed by atoms with Crippen LogP contribution < -0.4 is 0 Å². The van der Waals surface area contributed by atoms with Gasteiger partial charge in [-0.1, -0.05) is 0 Å². The van der Waals surface area contributed by atoms with Gasteiger partial charge in [0.2, 0.25) is 0 Å². The zero-order chi connectivity index (χ0) is 7.00. The Morgan fingerprint density at radius 2 is 1.33 bits per heavy atom. The summed E-state index contributed by atoms with van der Waals surface area (Å²) < 4.78 is 58.9. The topological polar surface area (TPSA) is 57.2 Å². The molecule has 0 aliphatic rings. The van der Waals surface area contributed by atoms with E-state index >= 15 is 0 Å². The molecular weight excluding hydrogens is 316 g/mol. The Kier molecular flexibility index (Phi) is 4.72. The van der Waals surface area contributed by atoms with Crippen molar-refractivity contribution in [1.82, 2.24) is 0 Å². The first-order chi connectivity index (χ1) is 3.25. The van der Waals surface area contributed by atoms with E-state index in [2.05, 4.69) is 0 Å². The first-order valence-corrected chi connectivity index (χ1v) is 2.68. The van der Waals surface area contributed by atoms with Crippen LogP contribution in [0.15, 0.2) is 0 Å². The molecule has 8 heteroatoms. The van der Waals surface area contributed by atoms with Gasteiger partial charge in [-0.05, 0) is 0 Å². The van der Waals surface area contributed by atoms with E-state index < -0.39 is 15.6 Å². The van der Waals surface area contributed by atoms with E-state index in [0.29, 0.717) is 0 Å². The number of hydrogen-bond acceptors (Lipinski definition) is 3. The smallest absolute Gasteiger partial charge is 0.741 e. The molecule has 0 aromatic carbocycles. The van der Waals surface area contributed by atoms with Gasteiger partial charge in [0.1, 0.15) is 0 Å². The molecule has 0 fully saturated rings. The molecular formula is CErF3O3S+2. The third-order valence-electron chi connectivity index (χ3n) is 0.283. The van der Waals surface area contributed by atoms with Gasteiger partial charge in [-0.25, -0.2) is 8.42 Å². The van der Waals surface area contributed by atoms with Crippen molar-refractivity contribution in [3.63, 3.8) is 0 Å². The van der Waals surface area contributed by atoms with Crippen molar-refractivity contribution in [3.8, 4) is 0 Å². The van der Waals surface area contributed by atoms with Gasteiger partial charge >= 0.3 is 42.8 Å². The van der Waals surface area contributed by atoms with Crippen molar-refractivity contribution >= 4 is 10.1 Å². The van der Waals surface area contributed by atoms with Crippen molar-refractivity contribution in [3.05, 3.63) is 0 Å². The molecule has 3 nitrogen and oxygen atoms in total. The summed E-state index contributed by atoms with van der Waals surface area (Å²) in [5.41, 5.74) is -5.65. The minimum Gasteiger partial charge on any atom is -0.741 e. The van der Waals surface area contributed by atoms with E-state index in [1.54, 1.807) is 0 Å². The van der Waals surface area contributed by atoms with Crippen LogP contribution >= 0.6 is 0 Å². The summed E-state index contributed by atoms with van der Waals surface area (Å²) in [6, 6.07) is 0. The molecule has 0 saturated heterocycles. The Labute approximate surface area is 78.6 Å². The maximum atomic E-state index is 10.7. The third-order valence-corrected chi connectivity index (χ3v) is 0.850. The Morgan fingerprint density at radius 3 is 1.33 bits per heavy atom. The summed E-state index contributed by atoms with van der Waals surface area (Å²) in [4.78, 5) is 0. The zero-order valence-electron chi connectivity index (χ0n) is 3.56. The van der Waals surface area contributed by atoms with Gasteiger partial charge in [0.15, 0.2) is 10.1 Å². The van der Waals surface area contributed by atoms with Crippen LogP contribution in [0.5, 0.6) is 0 Å². The van der Waals surface area contributed by atoms with Crippen molar-refractivity contribution in [2.75, 3.05) is 0 Å². The largest absolute Gasteiger partial charge is 3.00 e. The van der Waals surface area contributed by atoms with Crippen LogP contribution in [0.4, 0.5) is 13.2 Å². The molecule has 59 valence electrons. The molecule has 0 N–H and O–H groups in total. The van der Waals surface area contributed by atoms with E-state index in [-0.39, 0.29) is 37.3 Å². The molecule has 1 radical (unpaired) electrons. The molecule has 0 amide bonds. The molecule has 0 spiro atoms. The molecule has 0 unspecified atom stereocenters. The predicted molar refractivity (Wildman–Crippen MR) is 15.8 cm³/mol. The minimum atomic E-state index is -6.09. The molecule has 0 saturated carbocycles. The second-order valence-corrected chi connectivity index (χ2v) is 2.27. The molecule has 0 aliphatic carbocycles. The second kappa shape index (κ2) is 3.37. The maximum Gasteiger partial charge on any atom is 3.00 e. The number of rotatable bonds is 0. The quantitative estimate of drug-likeness (QED) is 0.469. The van der Waals surface area contributed by atoms with Gasteiger partial charge in [0.05, 0.1) is 0 Å². The monoisotopic (exact) mass is 315 g/mol. The maximum absolute atomic E-state index is 10.7. The Morgan fingerprint density at radius 1 is 1.22 bits per heavy atom. The first kappa shape index (κ1) is 12.6. The SMILES string of the molecule is O=S(=O)([O-])C(F)(F)F.[Er+3]. The van der Waals surface area contributed by atoms with Crippen LogP contribution in [-0.2, 0) is 10.1 Å². The van der Waals surface area contributed by atoms with Gasteiger partial charge in [-0.2, -0.15) is 13.2 Å². The van der Waals surface area contributed by atoms with Crippen LogP contribution in [0.25, 0.3) is 0 Å². The van der Waals surface area contributed by atoms with E-state index in [1.165, 1.54) is 0 Å². The van der Waals surface area contributed by atoms with E-state index in [9.17, 15) is 13.2 Å². The van der Waals surface area contributed by atoms with Crippen LogP contribution in [0.2, 0.25) is 0 Å². The predicted octanol–water partition coefficient (Wildman–Crippen LogP) is 0.0514. The van der Waals surface area contributed by atoms with Crippen LogP contribution in [-0.4, -0.2) is 18.5 Å². The zero-order valence-corrected chi connectivity index (χ0v) is 6.22. The summed E-state index contributed by atoms with van der Waals surface area (Å²) in [6.07, 6.45) is 0. The molecule has 0 aromatic rings. The van der Waals surface area contributed by atoms with Crippen molar-refractivity contribution in [2.24, 2.45) is 0 Å². The fourth-order valence-corrected chi connectivity index (χ4v) is 0. The van der Waals surface area contributed by atoms with Gasteiger partial charge in [0.25, 0.3) is 0 Å². The third kappa shape index (κ3) is 4.36. The molecule has 0 aromatic heterocycles. The number of halogens is 3. The van der Waals surface area contributed by atoms with E-state index in [4.69, 9.17) is 13.0 Å². The average molecular weight is 316 g/mol. The van der Waals surface area contributed by atoms with Crippen LogP contribution in [0.1, 0.15) is 0 Å². The number of hydrogen-bond donors (Lipinski definition) is 0. The average Bonchev–Trinajstić information content (AvgIpc) is 1.25. The fraction of sp³-hybridized carbons (Fsp3) is 1.00. The van der Waals surface area contributed by atoms with Gasteiger partial charge in [0, 0.05) is 0 Å². The summed E-state index contributed by atoms with van der Waals surface area (Å²) in [5, 5.41) is 0. The van der Waals surface area contributed by atoms with E-state index in [1.807, 2.05) is 0 Å². The molecule has 0 rings (SSSR count). The Hall–Kier alpha value is 0.947. The standard InChI is InChI=1S/CHF3O3S.Er/c2-1(3,4)8(5,6)7;/h(H,5,6,7);/q;+3/p-1. The van der Waals surface area contributed by atoms with Gasteiger partial charge in [-0.15, -0.1) is 0 Å². The molecule has 9 heavy (non-hydrogen) atoms. The molecule has 0 bridgehead atoms. The van der Waals surface area contributed by atoms with Crippen molar-refractivity contribution in [2.45, 2.75) is 5.51 Å². The summed E-state index contributed by atoms with van der Waals surface area (Å²) in [6.45, 7) is 0. The first-order valence-electron chi connectivity index (χ1n) is 1.27. The summed E-state index contributed by atoms with van der Waals surface area (Å²) >= 11 is 0. The van der Waals surface area contributed by atoms with Gasteiger partial charge in [-0.3, -0.25) is 0 Å². The molecule has 0 aliphatic heterocycles. The Bertz CT molecular complexity index is 168. The molecule has 0 heterocycles. The fourth-order valence-electron chi connectivity index (χ4n) is 0. The van der Waals surface area contributed by atoms with E-state index in [0.717, 1.165) is 0 Å².